The standard InChI is InChI=1S/C41H38BNO2/c1-39(2)21-22-40(3,4)36-28(39)19-20-30-38(36)45-35-24-25(23-34-37(35)42(30)29-15-9-12-18-33(29)44-34)43-31-16-10-7-13-26(31)41(5,6)27-14-8-11-17-32(27)43/h7-20,23-24H,21-22H2,1-6H3. The van der Waals surface area contributed by atoms with Crippen LogP contribution >= 0.6 is 0 Å². The average Bonchev–Trinajstić information content (AvgIpc) is 3.03. The Morgan fingerprint density at radius 1 is 0.578 bits per heavy atom. The van der Waals surface area contributed by atoms with Crippen molar-refractivity contribution in [1.82, 2.24) is 0 Å². The summed E-state index contributed by atoms with van der Waals surface area (Å²) in [6.45, 7) is 14.3. The summed E-state index contributed by atoms with van der Waals surface area (Å²) in [6, 6.07) is 35.4. The molecule has 0 saturated carbocycles. The summed E-state index contributed by atoms with van der Waals surface area (Å²) >= 11 is 0. The molecular formula is C41H38BNO2. The highest BCUT2D eigenvalue weighted by Crippen LogP contribution is 2.54. The highest BCUT2D eigenvalue weighted by Gasteiger charge is 2.47. The van der Waals surface area contributed by atoms with E-state index in [2.05, 4.69) is 144 Å². The number of benzene rings is 5. The highest BCUT2D eigenvalue weighted by atomic mass is 16.5. The molecule has 5 aromatic carbocycles. The Morgan fingerprint density at radius 3 is 1.89 bits per heavy atom. The Morgan fingerprint density at radius 2 is 1.18 bits per heavy atom. The van der Waals surface area contributed by atoms with Crippen LogP contribution in [0.2, 0.25) is 0 Å². The maximum Gasteiger partial charge on any atom is 0.260 e. The molecule has 0 bridgehead atoms. The van der Waals surface area contributed by atoms with E-state index in [4.69, 9.17) is 9.47 Å². The summed E-state index contributed by atoms with van der Waals surface area (Å²) in [5.41, 5.74) is 12.4. The SMILES string of the molecule is CC1(C)CCC(C)(C)c2c1ccc1c2Oc2cc(N3c4ccccc4C(C)(C)c4ccccc43)cc3c2B1c1ccccc1O3. The number of nitrogens with zero attached hydrogens (tertiary/aromatic N) is 1. The molecule has 0 fully saturated rings. The molecule has 5 aromatic rings. The molecule has 3 aliphatic heterocycles. The molecule has 0 saturated heterocycles. The quantitative estimate of drug-likeness (QED) is 0.179. The lowest BCUT2D eigenvalue weighted by atomic mass is 9.34. The van der Waals surface area contributed by atoms with E-state index in [-0.39, 0.29) is 23.0 Å². The van der Waals surface area contributed by atoms with Gasteiger partial charge in [-0.25, -0.2) is 0 Å². The number of anilines is 3. The zero-order valence-electron chi connectivity index (χ0n) is 27.0. The summed E-state index contributed by atoms with van der Waals surface area (Å²) in [6.07, 6.45) is 2.30. The van der Waals surface area contributed by atoms with Gasteiger partial charge in [0.1, 0.15) is 23.0 Å². The van der Waals surface area contributed by atoms with E-state index in [0.29, 0.717) is 0 Å². The van der Waals surface area contributed by atoms with Crippen molar-refractivity contribution in [3.05, 3.63) is 119 Å². The minimum Gasteiger partial charge on any atom is -0.458 e. The summed E-state index contributed by atoms with van der Waals surface area (Å²) in [4.78, 5) is 2.40. The number of rotatable bonds is 1. The zero-order chi connectivity index (χ0) is 30.9. The molecule has 1 aliphatic carbocycles. The Bertz CT molecular complexity index is 2020. The minimum absolute atomic E-state index is 0.00908. The fraction of sp³-hybridized carbons (Fsp3) is 0.268. The van der Waals surface area contributed by atoms with Gasteiger partial charge in [-0.15, -0.1) is 0 Å². The first kappa shape index (κ1) is 26.9. The topological polar surface area (TPSA) is 21.7 Å². The highest BCUT2D eigenvalue weighted by molar-refractivity contribution is 6.98. The van der Waals surface area contributed by atoms with E-state index in [9.17, 15) is 0 Å². The van der Waals surface area contributed by atoms with Gasteiger partial charge in [-0.2, -0.15) is 0 Å². The second kappa shape index (κ2) is 8.84. The fourth-order valence-corrected chi connectivity index (χ4v) is 8.69. The monoisotopic (exact) mass is 587 g/mol. The van der Waals surface area contributed by atoms with Crippen molar-refractivity contribution in [2.75, 3.05) is 4.90 Å². The van der Waals surface area contributed by atoms with Crippen LogP contribution in [0.5, 0.6) is 23.0 Å². The summed E-state index contributed by atoms with van der Waals surface area (Å²) in [5, 5.41) is 0. The number of para-hydroxylation sites is 3. The van der Waals surface area contributed by atoms with Crippen LogP contribution in [0.15, 0.2) is 97.1 Å². The Balaban J connectivity index is 1.32. The molecule has 0 aromatic heterocycles. The zero-order valence-corrected chi connectivity index (χ0v) is 27.0. The first-order valence-corrected chi connectivity index (χ1v) is 16.4. The van der Waals surface area contributed by atoms with Gasteiger partial charge in [0, 0.05) is 28.6 Å². The Kier molecular flexibility index (Phi) is 5.29. The van der Waals surface area contributed by atoms with Crippen molar-refractivity contribution >= 4 is 40.2 Å². The van der Waals surface area contributed by atoms with Crippen molar-refractivity contribution in [3.63, 3.8) is 0 Å². The van der Waals surface area contributed by atoms with E-state index >= 15 is 0 Å². The average molecular weight is 588 g/mol. The van der Waals surface area contributed by atoms with Crippen LogP contribution in [0.4, 0.5) is 17.1 Å². The summed E-state index contributed by atoms with van der Waals surface area (Å²) < 4.78 is 14.0. The number of hydrogen-bond donors (Lipinski definition) is 0. The van der Waals surface area contributed by atoms with E-state index in [0.717, 1.165) is 40.6 Å². The predicted octanol–water partition coefficient (Wildman–Crippen LogP) is 8.87. The van der Waals surface area contributed by atoms with Gasteiger partial charge in [0.2, 0.25) is 0 Å². The van der Waals surface area contributed by atoms with Crippen LogP contribution < -0.4 is 30.8 Å². The first-order chi connectivity index (χ1) is 21.6. The number of hydrogen-bond acceptors (Lipinski definition) is 3. The van der Waals surface area contributed by atoms with Crippen LogP contribution in [0.1, 0.15) is 76.6 Å². The third-order valence-corrected chi connectivity index (χ3v) is 11.2. The van der Waals surface area contributed by atoms with Gasteiger partial charge >= 0.3 is 0 Å². The minimum atomic E-state index is -0.125. The summed E-state index contributed by atoms with van der Waals surface area (Å²) in [7, 11) is 0. The molecule has 3 nitrogen and oxygen atoms in total. The second-order valence-electron chi connectivity index (χ2n) is 15.2. The van der Waals surface area contributed by atoms with Crippen LogP contribution in [-0.2, 0) is 16.2 Å². The molecular weight excluding hydrogens is 549 g/mol. The first-order valence-electron chi connectivity index (χ1n) is 16.4. The van der Waals surface area contributed by atoms with Gasteiger partial charge in [0.15, 0.2) is 0 Å². The van der Waals surface area contributed by atoms with Gasteiger partial charge in [-0.05, 0) is 69.5 Å². The molecule has 9 rings (SSSR count). The normalized spacial score (nSPS) is 18.6. The third kappa shape index (κ3) is 3.60. The van der Waals surface area contributed by atoms with E-state index in [1.54, 1.807) is 0 Å². The van der Waals surface area contributed by atoms with E-state index < -0.39 is 0 Å². The predicted molar refractivity (Wildman–Crippen MR) is 186 cm³/mol. The molecule has 3 heterocycles. The Hall–Kier alpha value is -4.44. The molecule has 0 atom stereocenters. The van der Waals surface area contributed by atoms with Gasteiger partial charge in [-0.1, -0.05) is 108 Å². The van der Waals surface area contributed by atoms with Crippen molar-refractivity contribution in [2.24, 2.45) is 0 Å². The lowest BCUT2D eigenvalue weighted by molar-refractivity contribution is 0.320. The lowest BCUT2D eigenvalue weighted by Crippen LogP contribution is -2.58. The molecule has 0 unspecified atom stereocenters. The van der Waals surface area contributed by atoms with Gasteiger partial charge in [0.25, 0.3) is 6.71 Å². The maximum absolute atomic E-state index is 7.21. The van der Waals surface area contributed by atoms with Crippen LogP contribution in [0.25, 0.3) is 0 Å². The van der Waals surface area contributed by atoms with Gasteiger partial charge < -0.3 is 14.4 Å². The largest absolute Gasteiger partial charge is 0.458 e. The molecule has 0 amide bonds. The lowest BCUT2D eigenvalue weighted by Gasteiger charge is -2.45. The van der Waals surface area contributed by atoms with E-state index in [1.165, 1.54) is 51.0 Å². The molecule has 4 aliphatic rings. The Labute approximate surface area is 266 Å². The number of ether oxygens (including phenoxy) is 2. The van der Waals surface area contributed by atoms with Gasteiger partial charge in [0.05, 0.1) is 17.1 Å². The van der Waals surface area contributed by atoms with Gasteiger partial charge in [-0.3, -0.25) is 0 Å². The fourth-order valence-electron chi connectivity index (χ4n) is 8.69. The summed E-state index contributed by atoms with van der Waals surface area (Å²) in [5.74, 6) is 3.72. The van der Waals surface area contributed by atoms with Crippen molar-refractivity contribution < 1.29 is 9.47 Å². The molecule has 45 heavy (non-hydrogen) atoms. The smallest absolute Gasteiger partial charge is 0.260 e. The van der Waals surface area contributed by atoms with Crippen LogP contribution in [-0.4, -0.2) is 6.71 Å². The third-order valence-electron chi connectivity index (χ3n) is 11.2. The van der Waals surface area contributed by atoms with E-state index in [1.807, 2.05) is 0 Å². The number of fused-ring (bicyclic) bond motifs is 8. The van der Waals surface area contributed by atoms with Crippen molar-refractivity contribution in [3.8, 4) is 23.0 Å². The second-order valence-corrected chi connectivity index (χ2v) is 15.2. The van der Waals surface area contributed by atoms with Crippen LogP contribution in [0, 0.1) is 0 Å². The molecule has 0 spiro atoms. The van der Waals surface area contributed by atoms with Crippen LogP contribution in [0.3, 0.4) is 0 Å². The molecule has 4 heteroatoms. The maximum atomic E-state index is 7.21. The van der Waals surface area contributed by atoms with Crippen molar-refractivity contribution in [1.29, 1.82) is 0 Å². The molecule has 222 valence electrons. The van der Waals surface area contributed by atoms with Crippen molar-refractivity contribution in [2.45, 2.75) is 70.6 Å². The molecule has 0 N–H and O–H groups in total. The molecule has 0 radical (unpaired) electrons.